The number of amides is 2. The standard InChI is InChI=1S/C17H24N2O2S/c1-11-14(4-3-5-16(11)22-2)19-17(20)18-13-8-9-21-15(10-13)12-6-7-12/h3-5,12-13,15H,6-10H2,1-2H3,(H2,18,19,20)/t13-,15+/m0/s1. The van der Waals surface area contributed by atoms with Gasteiger partial charge in [0, 0.05) is 23.2 Å². The van der Waals surface area contributed by atoms with Gasteiger partial charge in [0.25, 0.3) is 0 Å². The lowest BCUT2D eigenvalue weighted by molar-refractivity contribution is -0.00889. The molecule has 2 N–H and O–H groups in total. The van der Waals surface area contributed by atoms with Crippen LogP contribution in [0.3, 0.4) is 0 Å². The maximum Gasteiger partial charge on any atom is 0.319 e. The third-order valence-electron chi connectivity index (χ3n) is 4.55. The summed E-state index contributed by atoms with van der Waals surface area (Å²) in [5.41, 5.74) is 2.00. The molecule has 1 aliphatic carbocycles. The average Bonchev–Trinajstić information content (AvgIpc) is 3.34. The monoisotopic (exact) mass is 320 g/mol. The Hall–Kier alpha value is -1.20. The normalized spacial score (nSPS) is 24.8. The highest BCUT2D eigenvalue weighted by Gasteiger charge is 2.36. The molecule has 4 nitrogen and oxygen atoms in total. The van der Waals surface area contributed by atoms with Crippen LogP contribution in [-0.4, -0.2) is 31.0 Å². The van der Waals surface area contributed by atoms with E-state index in [9.17, 15) is 4.79 Å². The summed E-state index contributed by atoms with van der Waals surface area (Å²) in [4.78, 5) is 13.4. The van der Waals surface area contributed by atoms with Gasteiger partial charge in [-0.15, -0.1) is 11.8 Å². The highest BCUT2D eigenvalue weighted by molar-refractivity contribution is 7.98. The number of nitrogens with one attached hydrogen (secondary N) is 2. The number of rotatable bonds is 4. The van der Waals surface area contributed by atoms with Gasteiger partial charge in [-0.25, -0.2) is 4.79 Å². The Kier molecular flexibility index (Phi) is 4.93. The first kappa shape index (κ1) is 15.7. The highest BCUT2D eigenvalue weighted by atomic mass is 32.2. The average molecular weight is 320 g/mol. The molecule has 0 radical (unpaired) electrons. The summed E-state index contributed by atoms with van der Waals surface area (Å²) in [5.74, 6) is 0.730. The van der Waals surface area contributed by atoms with Crippen molar-refractivity contribution in [3.8, 4) is 0 Å². The molecule has 1 saturated heterocycles. The number of ether oxygens (including phenoxy) is 1. The molecule has 2 amide bonds. The van der Waals surface area contributed by atoms with Gasteiger partial charge in [0.1, 0.15) is 0 Å². The van der Waals surface area contributed by atoms with Gasteiger partial charge in [0.05, 0.1) is 6.10 Å². The van der Waals surface area contributed by atoms with Crippen LogP contribution in [0.5, 0.6) is 0 Å². The molecule has 0 aromatic heterocycles. The number of hydrogen-bond acceptors (Lipinski definition) is 3. The van der Waals surface area contributed by atoms with Gasteiger partial charge in [-0.2, -0.15) is 0 Å². The van der Waals surface area contributed by atoms with Crippen molar-refractivity contribution in [2.75, 3.05) is 18.2 Å². The van der Waals surface area contributed by atoms with Crippen LogP contribution in [-0.2, 0) is 4.74 Å². The summed E-state index contributed by atoms with van der Waals surface area (Å²) in [6.45, 7) is 2.80. The molecule has 2 atom stereocenters. The Morgan fingerprint density at radius 2 is 2.14 bits per heavy atom. The number of benzene rings is 1. The number of urea groups is 1. The second-order valence-corrected chi connectivity index (χ2v) is 7.05. The topological polar surface area (TPSA) is 50.4 Å². The maximum atomic E-state index is 12.3. The third kappa shape index (κ3) is 3.76. The summed E-state index contributed by atoms with van der Waals surface area (Å²) in [5, 5.41) is 6.10. The fourth-order valence-electron chi connectivity index (χ4n) is 3.07. The molecule has 1 saturated carbocycles. The molecular formula is C17H24N2O2S. The summed E-state index contributed by atoms with van der Waals surface area (Å²) in [7, 11) is 0. The van der Waals surface area contributed by atoms with E-state index in [2.05, 4.69) is 16.7 Å². The number of anilines is 1. The van der Waals surface area contributed by atoms with E-state index >= 15 is 0 Å². The zero-order chi connectivity index (χ0) is 15.5. The molecule has 1 aromatic rings. The van der Waals surface area contributed by atoms with Gasteiger partial charge >= 0.3 is 6.03 Å². The molecule has 0 bridgehead atoms. The SMILES string of the molecule is CSc1cccc(NC(=O)N[C@H]2CCO[C@@H](C3CC3)C2)c1C. The molecule has 5 heteroatoms. The second kappa shape index (κ2) is 6.92. The molecule has 2 aliphatic rings. The van der Waals surface area contributed by atoms with Gasteiger partial charge in [0.2, 0.25) is 0 Å². The van der Waals surface area contributed by atoms with Crippen molar-refractivity contribution in [2.24, 2.45) is 5.92 Å². The fourth-order valence-corrected chi connectivity index (χ4v) is 3.70. The molecule has 1 aromatic carbocycles. The first-order valence-corrected chi connectivity index (χ1v) is 9.22. The molecule has 1 heterocycles. The fraction of sp³-hybridized carbons (Fsp3) is 0.588. The van der Waals surface area contributed by atoms with Crippen LogP contribution in [0.25, 0.3) is 0 Å². The van der Waals surface area contributed by atoms with Crippen molar-refractivity contribution < 1.29 is 9.53 Å². The molecule has 2 fully saturated rings. The smallest absolute Gasteiger partial charge is 0.319 e. The van der Waals surface area contributed by atoms with Gasteiger partial charge in [-0.1, -0.05) is 6.07 Å². The van der Waals surface area contributed by atoms with Crippen molar-refractivity contribution in [1.82, 2.24) is 5.32 Å². The maximum absolute atomic E-state index is 12.3. The van der Waals surface area contributed by atoms with Crippen molar-refractivity contribution >= 4 is 23.5 Å². The summed E-state index contributed by atoms with van der Waals surface area (Å²) in [6, 6.07) is 6.12. The second-order valence-electron chi connectivity index (χ2n) is 6.20. The summed E-state index contributed by atoms with van der Waals surface area (Å²) >= 11 is 1.69. The number of thioether (sulfide) groups is 1. The number of hydrogen-bond donors (Lipinski definition) is 2. The molecule has 22 heavy (non-hydrogen) atoms. The lowest BCUT2D eigenvalue weighted by Gasteiger charge is -2.30. The summed E-state index contributed by atoms with van der Waals surface area (Å²) in [6.07, 6.45) is 6.81. The van der Waals surface area contributed by atoms with Gasteiger partial charge in [-0.3, -0.25) is 0 Å². The third-order valence-corrected chi connectivity index (χ3v) is 5.43. The van der Waals surface area contributed by atoms with Gasteiger partial charge < -0.3 is 15.4 Å². The van der Waals surface area contributed by atoms with Crippen molar-refractivity contribution in [1.29, 1.82) is 0 Å². The van der Waals surface area contributed by atoms with E-state index in [4.69, 9.17) is 4.74 Å². The van der Waals surface area contributed by atoms with E-state index < -0.39 is 0 Å². The molecular weight excluding hydrogens is 296 g/mol. The minimum absolute atomic E-state index is 0.109. The predicted molar refractivity (Wildman–Crippen MR) is 90.6 cm³/mol. The van der Waals surface area contributed by atoms with Crippen molar-refractivity contribution in [3.05, 3.63) is 23.8 Å². The largest absolute Gasteiger partial charge is 0.378 e. The van der Waals surface area contributed by atoms with Crippen LogP contribution in [0.1, 0.15) is 31.2 Å². The van der Waals surface area contributed by atoms with Crippen LogP contribution < -0.4 is 10.6 Å². The molecule has 1 aliphatic heterocycles. The van der Waals surface area contributed by atoms with Gasteiger partial charge in [-0.05, 0) is 62.5 Å². The van der Waals surface area contributed by atoms with E-state index in [0.29, 0.717) is 6.10 Å². The minimum atomic E-state index is -0.109. The molecule has 3 rings (SSSR count). The van der Waals surface area contributed by atoms with Crippen LogP contribution in [0.4, 0.5) is 10.5 Å². The first-order valence-electron chi connectivity index (χ1n) is 8.00. The molecule has 120 valence electrons. The lowest BCUT2D eigenvalue weighted by atomic mass is 10.0. The Morgan fingerprint density at radius 1 is 1.32 bits per heavy atom. The van der Waals surface area contributed by atoms with E-state index in [1.54, 1.807) is 11.8 Å². The van der Waals surface area contributed by atoms with Crippen molar-refractivity contribution in [2.45, 2.75) is 49.6 Å². The quantitative estimate of drug-likeness (QED) is 0.830. The van der Waals surface area contributed by atoms with Crippen LogP contribution in [0.2, 0.25) is 0 Å². The lowest BCUT2D eigenvalue weighted by Crippen LogP contribution is -2.44. The van der Waals surface area contributed by atoms with E-state index in [1.165, 1.54) is 17.7 Å². The highest BCUT2D eigenvalue weighted by Crippen LogP contribution is 2.38. The van der Waals surface area contributed by atoms with Crippen LogP contribution in [0.15, 0.2) is 23.1 Å². The Balaban J connectivity index is 1.56. The summed E-state index contributed by atoms with van der Waals surface area (Å²) < 4.78 is 5.81. The molecule has 0 spiro atoms. The van der Waals surface area contributed by atoms with Crippen molar-refractivity contribution in [3.63, 3.8) is 0 Å². The number of carbonyl (C=O) groups excluding carboxylic acids is 1. The van der Waals surface area contributed by atoms with Crippen LogP contribution >= 0.6 is 11.8 Å². The zero-order valence-corrected chi connectivity index (χ0v) is 14.0. The Bertz CT molecular complexity index is 545. The Morgan fingerprint density at radius 3 is 2.86 bits per heavy atom. The Labute approximate surface area is 136 Å². The molecule has 0 unspecified atom stereocenters. The number of carbonyl (C=O) groups is 1. The zero-order valence-electron chi connectivity index (χ0n) is 13.2. The van der Waals surface area contributed by atoms with E-state index in [0.717, 1.165) is 36.6 Å². The minimum Gasteiger partial charge on any atom is -0.378 e. The van der Waals surface area contributed by atoms with Crippen LogP contribution in [0, 0.1) is 12.8 Å². The predicted octanol–water partition coefficient (Wildman–Crippen LogP) is 3.80. The van der Waals surface area contributed by atoms with Gasteiger partial charge in [0.15, 0.2) is 0 Å². The van der Waals surface area contributed by atoms with E-state index in [-0.39, 0.29) is 12.1 Å². The van der Waals surface area contributed by atoms with E-state index in [1.807, 2.05) is 25.3 Å². The first-order chi connectivity index (χ1) is 10.7.